The van der Waals surface area contributed by atoms with Crippen molar-refractivity contribution < 1.29 is 23.8 Å². The summed E-state index contributed by atoms with van der Waals surface area (Å²) in [7, 11) is 1.67. The highest BCUT2D eigenvalue weighted by molar-refractivity contribution is 6.30. The summed E-state index contributed by atoms with van der Waals surface area (Å²) in [4.78, 5) is 26.2. The van der Waals surface area contributed by atoms with Crippen LogP contribution in [0.4, 0.5) is 0 Å². The second-order valence-corrected chi connectivity index (χ2v) is 9.18. The van der Waals surface area contributed by atoms with Gasteiger partial charge >= 0.3 is 11.9 Å². The maximum Gasteiger partial charge on any atom is 0.350 e. The van der Waals surface area contributed by atoms with Crippen LogP contribution in [0.2, 0.25) is 5.02 Å². The lowest BCUT2D eigenvalue weighted by atomic mass is 9.82. The molecule has 5 nitrogen and oxygen atoms in total. The number of esters is 2. The maximum atomic E-state index is 13.3. The fourth-order valence-corrected chi connectivity index (χ4v) is 5.02. The second-order valence-electron chi connectivity index (χ2n) is 8.74. The van der Waals surface area contributed by atoms with E-state index in [0.29, 0.717) is 30.7 Å². The van der Waals surface area contributed by atoms with Crippen LogP contribution < -0.4 is 0 Å². The van der Waals surface area contributed by atoms with Crippen LogP contribution >= 0.6 is 11.6 Å². The van der Waals surface area contributed by atoms with Crippen LogP contribution in [0.25, 0.3) is 11.1 Å². The Labute approximate surface area is 207 Å². The molecule has 0 radical (unpaired) electrons. The third kappa shape index (κ3) is 5.81. The van der Waals surface area contributed by atoms with Gasteiger partial charge in [-0.25, -0.2) is 4.79 Å². The summed E-state index contributed by atoms with van der Waals surface area (Å²) in [5.41, 5.74) is 4.10. The normalized spacial score (nSPS) is 20.1. The van der Waals surface area contributed by atoms with Crippen LogP contribution in [0.5, 0.6) is 0 Å². The van der Waals surface area contributed by atoms with Gasteiger partial charge in [-0.15, -0.1) is 0 Å². The van der Waals surface area contributed by atoms with Gasteiger partial charge in [0.1, 0.15) is 0 Å². The molecule has 0 spiro atoms. The van der Waals surface area contributed by atoms with E-state index in [1.165, 1.54) is 0 Å². The van der Waals surface area contributed by atoms with Crippen molar-refractivity contribution in [2.45, 2.75) is 77.4 Å². The van der Waals surface area contributed by atoms with Gasteiger partial charge in [-0.2, -0.15) is 0 Å². The van der Waals surface area contributed by atoms with E-state index in [0.717, 1.165) is 40.7 Å². The summed E-state index contributed by atoms with van der Waals surface area (Å²) in [6, 6.07) is 11.9. The first-order valence-corrected chi connectivity index (χ1v) is 12.6. The van der Waals surface area contributed by atoms with Gasteiger partial charge in [0.15, 0.2) is 0 Å². The predicted octanol–water partition coefficient (Wildman–Crippen LogP) is 6.11. The molecule has 1 fully saturated rings. The van der Waals surface area contributed by atoms with E-state index in [9.17, 15) is 9.59 Å². The Morgan fingerprint density at radius 3 is 2.21 bits per heavy atom. The topological polar surface area (TPSA) is 61.8 Å². The fourth-order valence-electron chi connectivity index (χ4n) is 4.90. The number of aryl methyl sites for hydroxylation is 1. The minimum atomic E-state index is -1.24. The largest absolute Gasteiger partial charge is 0.463 e. The van der Waals surface area contributed by atoms with Gasteiger partial charge < -0.3 is 14.2 Å². The number of benzene rings is 2. The predicted molar refractivity (Wildman–Crippen MR) is 134 cm³/mol. The number of halogens is 1. The molecule has 1 aliphatic rings. The summed E-state index contributed by atoms with van der Waals surface area (Å²) >= 11 is 6.09. The Hall–Kier alpha value is -2.37. The van der Waals surface area contributed by atoms with Gasteiger partial charge in [0, 0.05) is 25.0 Å². The van der Waals surface area contributed by atoms with Crippen molar-refractivity contribution in [1.29, 1.82) is 0 Å². The number of hydrogen-bond acceptors (Lipinski definition) is 5. The van der Waals surface area contributed by atoms with Crippen molar-refractivity contribution in [3.63, 3.8) is 0 Å². The summed E-state index contributed by atoms with van der Waals surface area (Å²) in [6.07, 6.45) is 3.86. The molecule has 0 bridgehead atoms. The van der Waals surface area contributed by atoms with Crippen molar-refractivity contribution in [2.75, 3.05) is 13.7 Å². The molecule has 0 unspecified atom stereocenters. The van der Waals surface area contributed by atoms with Gasteiger partial charge in [-0.3, -0.25) is 4.79 Å². The molecule has 2 aromatic carbocycles. The maximum absolute atomic E-state index is 13.3. The number of carbonyl (C=O) groups is 2. The van der Waals surface area contributed by atoms with Crippen LogP contribution in [0, 0.1) is 0 Å². The second kappa shape index (κ2) is 11.9. The van der Waals surface area contributed by atoms with Gasteiger partial charge in [0.05, 0.1) is 19.1 Å². The number of rotatable bonds is 9. The van der Waals surface area contributed by atoms with Crippen molar-refractivity contribution in [1.82, 2.24) is 0 Å². The number of carbonyl (C=O) groups excluding carboxylic acids is 2. The van der Waals surface area contributed by atoms with E-state index in [1.807, 2.05) is 24.3 Å². The van der Waals surface area contributed by atoms with Crippen molar-refractivity contribution in [2.24, 2.45) is 0 Å². The molecule has 0 aromatic heterocycles. The molecule has 1 saturated carbocycles. The summed E-state index contributed by atoms with van der Waals surface area (Å²) in [5, 5.41) is 0.684. The quantitative estimate of drug-likeness (QED) is 0.400. The average Bonchev–Trinajstić information content (AvgIpc) is 2.84. The van der Waals surface area contributed by atoms with Crippen molar-refractivity contribution in [3.8, 4) is 11.1 Å². The first kappa shape index (κ1) is 26.2. The molecule has 3 rings (SSSR count). The van der Waals surface area contributed by atoms with E-state index in [-0.39, 0.29) is 19.1 Å². The standard InChI is InChI=1S/C28H35ClO5/c1-5-19-10-13-24(20-8-11-21(29)12-9-20)23(6-2)25(19)18-26(30)34-28(27(31)33-7-3)16-14-22(32-4)15-17-28/h8-13,22H,5-7,14-18H2,1-4H3. The fraction of sp³-hybridized carbons (Fsp3) is 0.500. The lowest BCUT2D eigenvalue weighted by molar-refractivity contribution is -0.189. The Morgan fingerprint density at radius 1 is 0.971 bits per heavy atom. The highest BCUT2D eigenvalue weighted by atomic mass is 35.5. The van der Waals surface area contributed by atoms with Crippen LogP contribution in [0.15, 0.2) is 36.4 Å². The van der Waals surface area contributed by atoms with E-state index in [1.54, 1.807) is 14.0 Å². The number of ether oxygens (including phenoxy) is 3. The van der Waals surface area contributed by atoms with Crippen LogP contribution in [-0.2, 0) is 43.1 Å². The van der Waals surface area contributed by atoms with E-state index in [4.69, 9.17) is 25.8 Å². The minimum absolute atomic E-state index is 0.0655. The van der Waals surface area contributed by atoms with Gasteiger partial charge in [0.2, 0.25) is 5.60 Å². The molecule has 6 heteroatoms. The van der Waals surface area contributed by atoms with Crippen LogP contribution in [0.1, 0.15) is 63.1 Å². The zero-order valence-electron chi connectivity index (χ0n) is 20.6. The van der Waals surface area contributed by atoms with E-state index in [2.05, 4.69) is 26.0 Å². The average molecular weight is 487 g/mol. The Morgan fingerprint density at radius 2 is 1.65 bits per heavy atom. The molecule has 0 heterocycles. The molecular formula is C28H35ClO5. The molecule has 0 amide bonds. The van der Waals surface area contributed by atoms with E-state index < -0.39 is 17.5 Å². The SMILES string of the molecule is CCOC(=O)C1(OC(=O)Cc2c(CC)ccc(-c3ccc(Cl)cc3)c2CC)CCC(OC)CC1. The number of hydrogen-bond donors (Lipinski definition) is 0. The summed E-state index contributed by atoms with van der Waals surface area (Å²) in [6.45, 7) is 6.18. The van der Waals surface area contributed by atoms with Crippen LogP contribution in [-0.4, -0.2) is 37.4 Å². The summed E-state index contributed by atoms with van der Waals surface area (Å²) in [5.74, 6) is -0.860. The molecule has 1 aliphatic carbocycles. The molecule has 184 valence electrons. The lowest BCUT2D eigenvalue weighted by Gasteiger charge is -2.37. The highest BCUT2D eigenvalue weighted by Gasteiger charge is 2.47. The number of methoxy groups -OCH3 is 1. The van der Waals surface area contributed by atoms with Crippen LogP contribution in [0.3, 0.4) is 0 Å². The third-order valence-electron chi connectivity index (χ3n) is 6.77. The first-order valence-electron chi connectivity index (χ1n) is 12.2. The molecule has 0 N–H and O–H groups in total. The van der Waals surface area contributed by atoms with Gasteiger partial charge in [-0.1, -0.05) is 49.7 Å². The Bertz CT molecular complexity index is 991. The minimum Gasteiger partial charge on any atom is -0.463 e. The Kier molecular flexibility index (Phi) is 9.15. The molecule has 0 saturated heterocycles. The van der Waals surface area contributed by atoms with Crippen molar-refractivity contribution in [3.05, 3.63) is 58.1 Å². The summed E-state index contributed by atoms with van der Waals surface area (Å²) < 4.78 is 16.7. The highest BCUT2D eigenvalue weighted by Crippen LogP contribution is 2.36. The molecular weight excluding hydrogens is 452 g/mol. The third-order valence-corrected chi connectivity index (χ3v) is 7.02. The zero-order chi connectivity index (χ0) is 24.7. The first-order chi connectivity index (χ1) is 16.4. The molecule has 0 atom stereocenters. The monoisotopic (exact) mass is 486 g/mol. The molecule has 2 aromatic rings. The Balaban J connectivity index is 1.91. The lowest BCUT2D eigenvalue weighted by Crippen LogP contribution is -2.48. The smallest absolute Gasteiger partial charge is 0.350 e. The molecule has 34 heavy (non-hydrogen) atoms. The van der Waals surface area contributed by atoms with Crippen molar-refractivity contribution >= 4 is 23.5 Å². The van der Waals surface area contributed by atoms with Gasteiger partial charge in [-0.05, 0) is 72.6 Å². The van der Waals surface area contributed by atoms with E-state index >= 15 is 0 Å². The molecule has 0 aliphatic heterocycles. The zero-order valence-corrected chi connectivity index (χ0v) is 21.4. The van der Waals surface area contributed by atoms with Gasteiger partial charge in [0.25, 0.3) is 0 Å².